The van der Waals surface area contributed by atoms with E-state index in [9.17, 15) is 10.2 Å². The van der Waals surface area contributed by atoms with Gasteiger partial charge in [-0.1, -0.05) is 48.1 Å². The third-order valence-electron chi connectivity index (χ3n) is 3.63. The van der Waals surface area contributed by atoms with Gasteiger partial charge in [0.2, 0.25) is 0 Å². The van der Waals surface area contributed by atoms with Gasteiger partial charge in [0.1, 0.15) is 6.10 Å². The zero-order valence-electron chi connectivity index (χ0n) is 13.8. The molecule has 3 unspecified atom stereocenters. The maximum Gasteiger partial charge on any atom is 0.182 e. The lowest BCUT2D eigenvalue weighted by atomic mass is 9.98. The largest absolute Gasteiger partial charge is 0.387 e. The number of benzene rings is 1. The molecule has 0 saturated heterocycles. The molecule has 3 heteroatoms. The highest BCUT2D eigenvalue weighted by atomic mass is 16.6. The van der Waals surface area contributed by atoms with Crippen LogP contribution >= 0.6 is 0 Å². The number of rotatable bonds is 9. The van der Waals surface area contributed by atoms with Crippen molar-refractivity contribution < 1.29 is 14.9 Å². The van der Waals surface area contributed by atoms with E-state index in [2.05, 4.69) is 12.7 Å². The van der Waals surface area contributed by atoms with Gasteiger partial charge in [0.15, 0.2) is 6.29 Å². The van der Waals surface area contributed by atoms with Crippen LogP contribution in [0.3, 0.4) is 0 Å². The SMILES string of the molecule is C=CC(C)(CCC=C(C)C)OC(O)C(O)Cc1ccccc1. The van der Waals surface area contributed by atoms with E-state index in [0.29, 0.717) is 12.8 Å². The maximum absolute atomic E-state index is 10.1. The van der Waals surface area contributed by atoms with E-state index in [-0.39, 0.29) is 0 Å². The van der Waals surface area contributed by atoms with E-state index in [1.165, 1.54) is 5.57 Å². The van der Waals surface area contributed by atoms with Gasteiger partial charge in [-0.2, -0.15) is 0 Å². The van der Waals surface area contributed by atoms with Gasteiger partial charge in [-0.05, 0) is 39.2 Å². The van der Waals surface area contributed by atoms with Crippen molar-refractivity contribution in [3.05, 3.63) is 60.2 Å². The number of hydrogen-bond acceptors (Lipinski definition) is 3. The van der Waals surface area contributed by atoms with Crippen LogP contribution in [-0.2, 0) is 11.2 Å². The summed E-state index contributed by atoms with van der Waals surface area (Å²) in [5, 5.41) is 20.2. The predicted octanol–water partition coefficient (Wildman–Crippen LogP) is 3.62. The van der Waals surface area contributed by atoms with Crippen LogP contribution in [0.25, 0.3) is 0 Å². The van der Waals surface area contributed by atoms with Crippen molar-refractivity contribution in [2.24, 2.45) is 0 Å². The van der Waals surface area contributed by atoms with Crippen molar-refractivity contribution in [1.29, 1.82) is 0 Å². The van der Waals surface area contributed by atoms with Crippen LogP contribution in [0, 0.1) is 0 Å². The van der Waals surface area contributed by atoms with Crippen LogP contribution in [0.15, 0.2) is 54.6 Å². The van der Waals surface area contributed by atoms with Gasteiger partial charge in [0, 0.05) is 6.42 Å². The van der Waals surface area contributed by atoms with Crippen molar-refractivity contribution in [3.8, 4) is 0 Å². The highest BCUT2D eigenvalue weighted by Gasteiger charge is 2.28. The zero-order valence-corrected chi connectivity index (χ0v) is 13.8. The summed E-state index contributed by atoms with van der Waals surface area (Å²) >= 11 is 0. The second-order valence-electron chi connectivity index (χ2n) is 6.10. The minimum absolute atomic E-state index is 0.350. The average Bonchev–Trinajstić information content (AvgIpc) is 2.47. The summed E-state index contributed by atoms with van der Waals surface area (Å²) in [5.41, 5.74) is 1.54. The highest BCUT2D eigenvalue weighted by molar-refractivity contribution is 5.15. The number of aliphatic hydroxyl groups excluding tert-OH is 2. The number of aliphatic hydroxyl groups is 2. The molecule has 1 aromatic rings. The summed E-state index contributed by atoms with van der Waals surface area (Å²) < 4.78 is 5.66. The molecule has 0 aliphatic carbocycles. The standard InChI is InChI=1S/C19H28O3/c1-5-19(4,13-9-10-15(2)3)22-18(21)17(20)14-16-11-7-6-8-12-16/h5-8,10-12,17-18,20-21H,1,9,13-14H2,2-4H3. The number of hydrogen-bond donors (Lipinski definition) is 2. The van der Waals surface area contributed by atoms with E-state index in [1.54, 1.807) is 6.08 Å². The minimum atomic E-state index is -1.24. The van der Waals surface area contributed by atoms with Crippen molar-refractivity contribution in [3.63, 3.8) is 0 Å². The van der Waals surface area contributed by atoms with Gasteiger partial charge in [-0.15, -0.1) is 6.58 Å². The summed E-state index contributed by atoms with van der Waals surface area (Å²) in [6.07, 6.45) is 3.49. The predicted molar refractivity (Wildman–Crippen MR) is 90.5 cm³/mol. The smallest absolute Gasteiger partial charge is 0.182 e. The second-order valence-corrected chi connectivity index (χ2v) is 6.10. The van der Waals surface area contributed by atoms with Crippen LogP contribution in [0.2, 0.25) is 0 Å². The number of ether oxygens (including phenoxy) is 1. The molecule has 0 aromatic heterocycles. The van der Waals surface area contributed by atoms with Crippen LogP contribution in [-0.4, -0.2) is 28.2 Å². The Kier molecular flexibility index (Phi) is 7.52. The Hall–Kier alpha value is -1.42. The molecule has 1 aromatic carbocycles. The fraction of sp³-hybridized carbons (Fsp3) is 0.474. The average molecular weight is 304 g/mol. The van der Waals surface area contributed by atoms with E-state index in [1.807, 2.05) is 51.1 Å². The molecule has 0 saturated carbocycles. The molecule has 0 heterocycles. The topological polar surface area (TPSA) is 49.7 Å². The molecule has 1 rings (SSSR count). The monoisotopic (exact) mass is 304 g/mol. The highest BCUT2D eigenvalue weighted by Crippen LogP contribution is 2.23. The van der Waals surface area contributed by atoms with Crippen LogP contribution in [0.1, 0.15) is 39.2 Å². The Morgan fingerprint density at radius 2 is 1.91 bits per heavy atom. The van der Waals surface area contributed by atoms with Gasteiger partial charge in [0.25, 0.3) is 0 Å². The fourth-order valence-corrected chi connectivity index (χ4v) is 2.17. The third-order valence-corrected chi connectivity index (χ3v) is 3.63. The molecule has 0 aliphatic rings. The Morgan fingerprint density at radius 3 is 2.45 bits per heavy atom. The molecular formula is C19H28O3. The zero-order chi connectivity index (χ0) is 16.6. The van der Waals surface area contributed by atoms with E-state index < -0.39 is 18.0 Å². The Labute approximate surface area is 133 Å². The second kappa shape index (κ2) is 8.89. The molecule has 3 nitrogen and oxygen atoms in total. The van der Waals surface area contributed by atoms with Gasteiger partial charge >= 0.3 is 0 Å². The molecule has 2 N–H and O–H groups in total. The quantitative estimate of drug-likeness (QED) is 0.541. The molecule has 0 aliphatic heterocycles. The van der Waals surface area contributed by atoms with E-state index in [0.717, 1.165) is 12.0 Å². The molecule has 0 radical (unpaired) electrons. The van der Waals surface area contributed by atoms with Crippen LogP contribution in [0.4, 0.5) is 0 Å². The first kappa shape index (κ1) is 18.6. The minimum Gasteiger partial charge on any atom is -0.387 e. The molecular weight excluding hydrogens is 276 g/mol. The van der Waals surface area contributed by atoms with Crippen LogP contribution < -0.4 is 0 Å². The summed E-state index contributed by atoms with van der Waals surface area (Å²) in [6, 6.07) is 9.56. The lowest BCUT2D eigenvalue weighted by Gasteiger charge is -2.31. The summed E-state index contributed by atoms with van der Waals surface area (Å²) in [5.74, 6) is 0. The van der Waals surface area contributed by atoms with E-state index in [4.69, 9.17) is 4.74 Å². The Morgan fingerprint density at radius 1 is 1.27 bits per heavy atom. The Bertz CT molecular complexity index is 477. The normalized spacial score (nSPS) is 16.4. The van der Waals surface area contributed by atoms with Crippen molar-refractivity contribution in [2.75, 3.05) is 0 Å². The molecule has 3 atom stereocenters. The molecule has 0 amide bonds. The van der Waals surface area contributed by atoms with E-state index >= 15 is 0 Å². The summed E-state index contributed by atoms with van der Waals surface area (Å²) in [4.78, 5) is 0. The first-order valence-corrected chi connectivity index (χ1v) is 7.71. The lowest BCUT2D eigenvalue weighted by Crippen LogP contribution is -2.39. The molecule has 0 bridgehead atoms. The summed E-state index contributed by atoms with van der Waals surface area (Å²) in [7, 11) is 0. The molecule has 0 fully saturated rings. The first-order chi connectivity index (χ1) is 10.4. The number of allylic oxidation sites excluding steroid dienone is 2. The third kappa shape index (κ3) is 6.56. The Balaban J connectivity index is 2.57. The lowest BCUT2D eigenvalue weighted by molar-refractivity contribution is -0.207. The van der Waals surface area contributed by atoms with Gasteiger partial charge in [-0.25, -0.2) is 0 Å². The van der Waals surface area contributed by atoms with Gasteiger partial charge < -0.3 is 14.9 Å². The maximum atomic E-state index is 10.1. The first-order valence-electron chi connectivity index (χ1n) is 7.71. The van der Waals surface area contributed by atoms with Crippen molar-refractivity contribution in [1.82, 2.24) is 0 Å². The van der Waals surface area contributed by atoms with Crippen molar-refractivity contribution >= 4 is 0 Å². The van der Waals surface area contributed by atoms with Gasteiger partial charge in [-0.3, -0.25) is 0 Å². The molecule has 22 heavy (non-hydrogen) atoms. The summed E-state index contributed by atoms with van der Waals surface area (Å²) in [6.45, 7) is 9.75. The fourth-order valence-electron chi connectivity index (χ4n) is 2.17. The van der Waals surface area contributed by atoms with Crippen molar-refractivity contribution in [2.45, 2.75) is 58.0 Å². The van der Waals surface area contributed by atoms with Gasteiger partial charge in [0.05, 0.1) is 5.60 Å². The molecule has 122 valence electrons. The molecule has 0 spiro atoms. The van der Waals surface area contributed by atoms with Crippen LogP contribution in [0.5, 0.6) is 0 Å².